The molecule has 0 saturated carbocycles. The van der Waals surface area contributed by atoms with Crippen molar-refractivity contribution >= 4 is 5.91 Å². The molecule has 7 nitrogen and oxygen atoms in total. The maximum absolute atomic E-state index is 11.9. The average Bonchev–Trinajstić information content (AvgIpc) is 3.29. The molecule has 0 atom stereocenters. The molecule has 0 saturated heterocycles. The van der Waals surface area contributed by atoms with Gasteiger partial charge in [0.15, 0.2) is 11.6 Å². The molecule has 1 N–H and O–H groups in total. The minimum absolute atomic E-state index is 0.0854. The molecule has 0 unspecified atom stereocenters. The topological polar surface area (TPSA) is 90.4 Å². The molecule has 2 aromatic heterocycles. The van der Waals surface area contributed by atoms with Crippen LogP contribution in [-0.4, -0.2) is 22.7 Å². The molecule has 0 aliphatic heterocycles. The number of benzene rings is 1. The van der Waals surface area contributed by atoms with E-state index < -0.39 is 0 Å². The number of carbonyl (C=O) groups excluding carboxylic acids is 1. The van der Waals surface area contributed by atoms with E-state index in [0.717, 1.165) is 11.3 Å². The van der Waals surface area contributed by atoms with Crippen LogP contribution >= 0.6 is 0 Å². The van der Waals surface area contributed by atoms with E-state index >= 15 is 0 Å². The maximum atomic E-state index is 11.9. The van der Waals surface area contributed by atoms with Gasteiger partial charge >= 0.3 is 0 Å². The number of hydrogen-bond donors (Lipinski definition) is 1. The summed E-state index contributed by atoms with van der Waals surface area (Å²) < 4.78 is 15.9. The van der Waals surface area contributed by atoms with Crippen molar-refractivity contribution in [3.63, 3.8) is 0 Å². The molecule has 0 spiro atoms. The smallest absolute Gasteiger partial charge is 0.293 e. The Balaban J connectivity index is 1.36. The Labute approximate surface area is 145 Å². The second kappa shape index (κ2) is 8.14. The average molecular weight is 341 g/mol. The highest BCUT2D eigenvalue weighted by molar-refractivity contribution is 5.75. The third-order valence-electron chi connectivity index (χ3n) is 3.54. The molecule has 1 amide bonds. The van der Waals surface area contributed by atoms with Crippen molar-refractivity contribution in [2.24, 2.45) is 0 Å². The second-order valence-electron chi connectivity index (χ2n) is 5.49. The van der Waals surface area contributed by atoms with Crippen molar-refractivity contribution in [2.75, 3.05) is 6.61 Å². The molecule has 0 aliphatic carbocycles. The summed E-state index contributed by atoms with van der Waals surface area (Å²) in [5.74, 6) is 1.95. The van der Waals surface area contributed by atoms with Crippen LogP contribution in [0, 0.1) is 6.92 Å². The lowest BCUT2D eigenvalue weighted by atomic mass is 10.2. The van der Waals surface area contributed by atoms with Crippen molar-refractivity contribution in [3.05, 3.63) is 54.0 Å². The summed E-state index contributed by atoms with van der Waals surface area (Å²) in [5.41, 5.74) is 1.08. The number of nitrogens with one attached hydrogen (secondary N) is 1. The second-order valence-corrected chi connectivity index (χ2v) is 5.49. The van der Waals surface area contributed by atoms with Crippen molar-refractivity contribution in [2.45, 2.75) is 26.3 Å². The molecule has 7 heteroatoms. The highest BCUT2D eigenvalue weighted by atomic mass is 16.5. The van der Waals surface area contributed by atoms with Gasteiger partial charge in [-0.3, -0.25) is 4.79 Å². The summed E-state index contributed by atoms with van der Waals surface area (Å²) in [4.78, 5) is 16.0. The molecule has 0 aliphatic rings. The van der Waals surface area contributed by atoms with Crippen LogP contribution in [0.2, 0.25) is 0 Å². The van der Waals surface area contributed by atoms with E-state index in [1.54, 1.807) is 12.1 Å². The van der Waals surface area contributed by atoms with Crippen LogP contribution in [-0.2, 0) is 11.3 Å². The molecule has 3 aromatic rings. The molecule has 0 fully saturated rings. The maximum Gasteiger partial charge on any atom is 0.293 e. The number of furan rings is 1. The Morgan fingerprint density at radius 2 is 2.12 bits per heavy atom. The van der Waals surface area contributed by atoms with Crippen molar-refractivity contribution in [1.29, 1.82) is 0 Å². The van der Waals surface area contributed by atoms with Gasteiger partial charge in [0.25, 0.3) is 5.89 Å². The van der Waals surface area contributed by atoms with Gasteiger partial charge in [-0.1, -0.05) is 23.4 Å². The predicted octanol–water partition coefficient (Wildman–Crippen LogP) is 3.11. The van der Waals surface area contributed by atoms with E-state index in [2.05, 4.69) is 15.5 Å². The molecule has 2 heterocycles. The van der Waals surface area contributed by atoms with Gasteiger partial charge in [0.2, 0.25) is 5.91 Å². The fraction of sp³-hybridized carbons (Fsp3) is 0.278. The number of amides is 1. The van der Waals surface area contributed by atoms with Gasteiger partial charge < -0.3 is 19.0 Å². The number of ether oxygens (including phenoxy) is 1. The van der Waals surface area contributed by atoms with E-state index in [0.29, 0.717) is 36.9 Å². The first-order valence-electron chi connectivity index (χ1n) is 8.04. The highest BCUT2D eigenvalue weighted by Crippen LogP contribution is 2.17. The van der Waals surface area contributed by atoms with Crippen LogP contribution in [0.5, 0.6) is 5.75 Å². The molecule has 1 aromatic carbocycles. The Morgan fingerprint density at radius 1 is 1.24 bits per heavy atom. The van der Waals surface area contributed by atoms with Crippen LogP contribution in [0.3, 0.4) is 0 Å². The van der Waals surface area contributed by atoms with Crippen LogP contribution in [0.4, 0.5) is 0 Å². The van der Waals surface area contributed by atoms with E-state index in [-0.39, 0.29) is 12.5 Å². The standard InChI is InChI=1S/C18H19N3O4/c1-13-6-2-3-7-14(13)23-11-5-9-17(22)19-12-16-20-18(25-21-16)15-8-4-10-24-15/h2-4,6-8,10H,5,9,11-12H2,1H3,(H,19,22). The van der Waals surface area contributed by atoms with Crippen LogP contribution in [0.15, 0.2) is 51.6 Å². The molecule has 25 heavy (non-hydrogen) atoms. The molecular weight excluding hydrogens is 322 g/mol. The van der Waals surface area contributed by atoms with Crippen LogP contribution in [0.1, 0.15) is 24.2 Å². The molecule has 3 rings (SSSR count). The third kappa shape index (κ3) is 4.69. The van der Waals surface area contributed by atoms with Gasteiger partial charge in [-0.2, -0.15) is 4.98 Å². The Kier molecular flexibility index (Phi) is 5.46. The van der Waals surface area contributed by atoms with Gasteiger partial charge in [-0.15, -0.1) is 0 Å². The first kappa shape index (κ1) is 16.8. The largest absolute Gasteiger partial charge is 0.493 e. The van der Waals surface area contributed by atoms with Crippen molar-refractivity contribution in [3.8, 4) is 17.4 Å². The highest BCUT2D eigenvalue weighted by Gasteiger charge is 2.11. The van der Waals surface area contributed by atoms with Gasteiger partial charge in [-0.05, 0) is 37.1 Å². The lowest BCUT2D eigenvalue weighted by Crippen LogP contribution is -2.23. The third-order valence-corrected chi connectivity index (χ3v) is 3.54. The summed E-state index contributed by atoms with van der Waals surface area (Å²) in [5, 5.41) is 6.56. The van der Waals surface area contributed by atoms with Gasteiger partial charge in [-0.25, -0.2) is 0 Å². The summed E-state index contributed by atoms with van der Waals surface area (Å²) in [6, 6.07) is 11.3. The van der Waals surface area contributed by atoms with E-state index in [4.69, 9.17) is 13.7 Å². The zero-order valence-electron chi connectivity index (χ0n) is 13.9. The molecular formula is C18H19N3O4. The zero-order valence-corrected chi connectivity index (χ0v) is 13.9. The Bertz CT molecular complexity index is 811. The lowest BCUT2D eigenvalue weighted by Gasteiger charge is -2.08. The van der Waals surface area contributed by atoms with Gasteiger partial charge in [0, 0.05) is 6.42 Å². The normalized spacial score (nSPS) is 10.6. The minimum Gasteiger partial charge on any atom is -0.493 e. The molecule has 130 valence electrons. The number of nitrogens with zero attached hydrogens (tertiary/aromatic N) is 2. The number of carbonyl (C=O) groups is 1. The number of aryl methyl sites for hydroxylation is 1. The van der Waals surface area contributed by atoms with Crippen LogP contribution < -0.4 is 10.1 Å². The Hall–Kier alpha value is -3.09. The van der Waals surface area contributed by atoms with Gasteiger partial charge in [0.1, 0.15) is 5.75 Å². The summed E-state index contributed by atoms with van der Waals surface area (Å²) >= 11 is 0. The fourth-order valence-electron chi connectivity index (χ4n) is 2.23. The monoisotopic (exact) mass is 341 g/mol. The fourth-order valence-corrected chi connectivity index (χ4v) is 2.23. The van der Waals surface area contributed by atoms with E-state index in [1.165, 1.54) is 6.26 Å². The number of hydrogen-bond acceptors (Lipinski definition) is 6. The predicted molar refractivity (Wildman–Crippen MR) is 89.8 cm³/mol. The SMILES string of the molecule is Cc1ccccc1OCCCC(=O)NCc1noc(-c2ccco2)n1. The minimum atomic E-state index is -0.0854. The van der Waals surface area contributed by atoms with Gasteiger partial charge in [0.05, 0.1) is 19.4 Å². The summed E-state index contributed by atoms with van der Waals surface area (Å²) in [6.45, 7) is 2.69. The lowest BCUT2D eigenvalue weighted by molar-refractivity contribution is -0.121. The summed E-state index contributed by atoms with van der Waals surface area (Å²) in [6.07, 6.45) is 2.53. The Morgan fingerprint density at radius 3 is 2.92 bits per heavy atom. The number of aromatic nitrogens is 2. The quantitative estimate of drug-likeness (QED) is 0.633. The molecule has 0 bridgehead atoms. The summed E-state index contributed by atoms with van der Waals surface area (Å²) in [7, 11) is 0. The number of para-hydroxylation sites is 1. The van der Waals surface area contributed by atoms with Crippen molar-refractivity contribution in [1.82, 2.24) is 15.5 Å². The molecule has 0 radical (unpaired) electrons. The first-order chi connectivity index (χ1) is 12.2. The van der Waals surface area contributed by atoms with Crippen molar-refractivity contribution < 1.29 is 18.5 Å². The van der Waals surface area contributed by atoms with E-state index in [1.807, 2.05) is 31.2 Å². The van der Waals surface area contributed by atoms with E-state index in [9.17, 15) is 4.79 Å². The number of rotatable bonds is 8. The first-order valence-corrected chi connectivity index (χ1v) is 8.04. The zero-order chi connectivity index (χ0) is 17.5. The van der Waals surface area contributed by atoms with Crippen LogP contribution in [0.25, 0.3) is 11.7 Å².